The van der Waals surface area contributed by atoms with Crippen LogP contribution in [0.15, 0.2) is 27.7 Å². The molecule has 1 aromatic heterocycles. The van der Waals surface area contributed by atoms with Crippen molar-refractivity contribution in [3.05, 3.63) is 28.1 Å². The lowest BCUT2D eigenvalue weighted by atomic mass is 10.1. The number of rotatable bonds is 6. The highest BCUT2D eigenvalue weighted by Crippen LogP contribution is 2.18. The monoisotopic (exact) mass is 312 g/mol. The van der Waals surface area contributed by atoms with E-state index in [0.29, 0.717) is 5.92 Å². The molecule has 0 bridgehead atoms. The van der Waals surface area contributed by atoms with Crippen LogP contribution in [0, 0.1) is 5.92 Å². The van der Waals surface area contributed by atoms with Gasteiger partial charge in [0.15, 0.2) is 0 Å². The summed E-state index contributed by atoms with van der Waals surface area (Å²) < 4.78 is 2.71. The van der Waals surface area contributed by atoms with Crippen molar-refractivity contribution in [1.82, 2.24) is 14.8 Å². The van der Waals surface area contributed by atoms with Gasteiger partial charge in [0, 0.05) is 38.3 Å². The summed E-state index contributed by atoms with van der Waals surface area (Å²) in [6, 6.07) is 0. The number of aromatic nitrogens is 2. The summed E-state index contributed by atoms with van der Waals surface area (Å²) in [5.41, 5.74) is 2.41. The second-order valence-electron chi connectivity index (χ2n) is 4.93. The zero-order chi connectivity index (χ0) is 13.7. The lowest BCUT2D eigenvalue weighted by Gasteiger charge is -2.17. The molecular formula is C13H21BrN4. The van der Waals surface area contributed by atoms with Crippen molar-refractivity contribution in [2.45, 2.75) is 27.2 Å². The van der Waals surface area contributed by atoms with E-state index >= 15 is 0 Å². The van der Waals surface area contributed by atoms with Gasteiger partial charge < -0.3 is 0 Å². The van der Waals surface area contributed by atoms with E-state index in [9.17, 15) is 0 Å². The van der Waals surface area contributed by atoms with Crippen molar-refractivity contribution >= 4 is 22.6 Å². The second kappa shape index (κ2) is 6.73. The number of hydrogen-bond acceptors (Lipinski definition) is 3. The molecule has 0 saturated carbocycles. The first-order chi connectivity index (χ1) is 8.42. The number of halogens is 1. The van der Waals surface area contributed by atoms with E-state index in [1.807, 2.05) is 29.1 Å². The van der Waals surface area contributed by atoms with Crippen molar-refractivity contribution < 1.29 is 0 Å². The number of aryl methyl sites for hydroxylation is 1. The zero-order valence-electron chi connectivity index (χ0n) is 11.5. The summed E-state index contributed by atoms with van der Waals surface area (Å²) in [7, 11) is 1.92. The van der Waals surface area contributed by atoms with Crippen LogP contribution in [0.4, 0.5) is 0 Å². The van der Waals surface area contributed by atoms with Crippen LogP contribution >= 0.6 is 15.9 Å². The second-order valence-corrected chi connectivity index (χ2v) is 5.68. The fourth-order valence-corrected chi connectivity index (χ4v) is 2.25. The molecule has 1 aromatic rings. The number of allylic oxidation sites excluding steroid dienone is 1. The first-order valence-corrected chi connectivity index (χ1v) is 6.80. The largest absolute Gasteiger partial charge is 0.274 e. The van der Waals surface area contributed by atoms with Crippen LogP contribution in [0.2, 0.25) is 0 Å². The number of nitrogens with zero attached hydrogens (tertiary/aromatic N) is 4. The van der Waals surface area contributed by atoms with Crippen LogP contribution in [0.3, 0.4) is 0 Å². The van der Waals surface area contributed by atoms with Crippen LogP contribution in [-0.4, -0.2) is 28.1 Å². The van der Waals surface area contributed by atoms with E-state index in [1.165, 1.54) is 11.1 Å². The average Bonchev–Trinajstić information content (AvgIpc) is 2.55. The lowest BCUT2D eigenvalue weighted by Crippen LogP contribution is -2.16. The third-order valence-electron chi connectivity index (χ3n) is 2.43. The van der Waals surface area contributed by atoms with Gasteiger partial charge in [-0.3, -0.25) is 9.69 Å². The third kappa shape index (κ3) is 4.64. The average molecular weight is 313 g/mol. The molecule has 4 nitrogen and oxygen atoms in total. The quantitative estimate of drug-likeness (QED) is 0.597. The van der Waals surface area contributed by atoms with E-state index in [-0.39, 0.29) is 0 Å². The molecule has 0 fully saturated rings. The molecular weight excluding hydrogens is 292 g/mol. The summed E-state index contributed by atoms with van der Waals surface area (Å²) >= 11 is 3.46. The summed E-state index contributed by atoms with van der Waals surface area (Å²) in [5.74, 6) is 0.560. The molecule has 0 unspecified atom stereocenters. The highest BCUT2D eigenvalue weighted by atomic mass is 79.9. The fraction of sp³-hybridized carbons (Fsp3) is 0.538. The van der Waals surface area contributed by atoms with Gasteiger partial charge in [0.25, 0.3) is 0 Å². The zero-order valence-corrected chi connectivity index (χ0v) is 13.1. The summed E-state index contributed by atoms with van der Waals surface area (Å²) in [5, 5.41) is 10.2. The first-order valence-electron chi connectivity index (χ1n) is 6.01. The Kier molecular flexibility index (Phi) is 5.59. The SMILES string of the molecule is C=NN(/C=C(\C)Cc1cn(C)nc1Br)CC(C)C. The Bertz CT molecular complexity index is 434. The molecule has 0 aliphatic heterocycles. The van der Waals surface area contributed by atoms with E-state index in [2.05, 4.69) is 53.6 Å². The summed E-state index contributed by atoms with van der Waals surface area (Å²) in [6.07, 6.45) is 4.93. The molecule has 0 aliphatic rings. The van der Waals surface area contributed by atoms with Gasteiger partial charge in [-0.1, -0.05) is 19.4 Å². The minimum absolute atomic E-state index is 0.560. The Hall–Kier alpha value is -1.10. The predicted molar refractivity (Wildman–Crippen MR) is 79.5 cm³/mol. The summed E-state index contributed by atoms with van der Waals surface area (Å²) in [4.78, 5) is 0. The Morgan fingerprint density at radius 1 is 1.67 bits per heavy atom. The Balaban J connectivity index is 2.71. The molecule has 0 aromatic carbocycles. The Morgan fingerprint density at radius 3 is 2.78 bits per heavy atom. The van der Waals surface area contributed by atoms with Gasteiger partial charge in [0.2, 0.25) is 0 Å². The maximum absolute atomic E-state index is 4.27. The van der Waals surface area contributed by atoms with Crippen LogP contribution in [-0.2, 0) is 13.5 Å². The minimum atomic E-state index is 0.560. The maximum atomic E-state index is 4.27. The molecule has 100 valence electrons. The molecule has 18 heavy (non-hydrogen) atoms. The third-order valence-corrected chi connectivity index (χ3v) is 3.09. The molecule has 1 heterocycles. The van der Waals surface area contributed by atoms with Crippen LogP contribution in [0.5, 0.6) is 0 Å². The van der Waals surface area contributed by atoms with Crippen molar-refractivity contribution in [1.29, 1.82) is 0 Å². The van der Waals surface area contributed by atoms with Crippen molar-refractivity contribution in [3.63, 3.8) is 0 Å². The topological polar surface area (TPSA) is 33.4 Å². The highest BCUT2D eigenvalue weighted by molar-refractivity contribution is 9.10. The van der Waals surface area contributed by atoms with Gasteiger partial charge in [-0.15, -0.1) is 0 Å². The normalized spacial score (nSPS) is 12.0. The van der Waals surface area contributed by atoms with Gasteiger partial charge >= 0.3 is 0 Å². The highest BCUT2D eigenvalue weighted by Gasteiger charge is 2.06. The molecule has 0 atom stereocenters. The number of hydrogen-bond donors (Lipinski definition) is 0. The van der Waals surface area contributed by atoms with Gasteiger partial charge in [-0.25, -0.2) is 0 Å². The first kappa shape index (κ1) is 15.0. The van der Waals surface area contributed by atoms with Gasteiger partial charge in [0.05, 0.1) is 0 Å². The predicted octanol–water partition coefficient (Wildman–Crippen LogP) is 3.20. The molecule has 0 N–H and O–H groups in total. The Morgan fingerprint density at radius 2 is 2.33 bits per heavy atom. The molecule has 0 saturated heterocycles. The van der Waals surface area contributed by atoms with Gasteiger partial charge in [-0.05, 0) is 35.2 Å². The Labute approximate surface area is 117 Å². The molecule has 0 aliphatic carbocycles. The molecule has 0 amide bonds. The maximum Gasteiger partial charge on any atom is 0.131 e. The smallest absolute Gasteiger partial charge is 0.131 e. The van der Waals surface area contributed by atoms with E-state index in [4.69, 9.17) is 0 Å². The van der Waals surface area contributed by atoms with Crippen LogP contribution < -0.4 is 0 Å². The summed E-state index contributed by atoms with van der Waals surface area (Å²) in [6.45, 7) is 10.9. The van der Waals surface area contributed by atoms with Gasteiger partial charge in [0.1, 0.15) is 4.60 Å². The molecule has 0 spiro atoms. The minimum Gasteiger partial charge on any atom is -0.274 e. The fourth-order valence-electron chi connectivity index (χ4n) is 1.75. The van der Waals surface area contributed by atoms with Crippen molar-refractivity contribution in [2.24, 2.45) is 18.1 Å². The van der Waals surface area contributed by atoms with Crippen LogP contribution in [0.1, 0.15) is 26.3 Å². The van der Waals surface area contributed by atoms with E-state index in [0.717, 1.165) is 17.6 Å². The van der Waals surface area contributed by atoms with Crippen LogP contribution in [0.25, 0.3) is 0 Å². The number of hydrazone groups is 1. The molecule has 0 radical (unpaired) electrons. The lowest BCUT2D eigenvalue weighted by molar-refractivity contribution is 0.346. The molecule has 5 heteroatoms. The molecule has 1 rings (SSSR count). The standard InChI is InChI=1S/C13H21BrN4/c1-10(2)7-18(15-4)8-11(3)6-12-9-17(5)16-13(12)14/h8-10H,4,6-7H2,1-3,5H3/b11-8+. The van der Waals surface area contributed by atoms with Gasteiger partial charge in [-0.2, -0.15) is 10.2 Å². The van der Waals surface area contributed by atoms with Crippen molar-refractivity contribution in [2.75, 3.05) is 6.54 Å². The van der Waals surface area contributed by atoms with Crippen molar-refractivity contribution in [3.8, 4) is 0 Å². The van der Waals surface area contributed by atoms with E-state index < -0.39 is 0 Å². The van der Waals surface area contributed by atoms with E-state index in [1.54, 1.807) is 0 Å².